The lowest BCUT2D eigenvalue weighted by atomic mass is 10.0. The summed E-state index contributed by atoms with van der Waals surface area (Å²) >= 11 is 1.64. The Balaban J connectivity index is 1.67. The van der Waals surface area contributed by atoms with E-state index in [0.717, 1.165) is 16.2 Å². The highest BCUT2D eigenvalue weighted by molar-refractivity contribution is 7.99. The Kier molecular flexibility index (Phi) is 4.05. The summed E-state index contributed by atoms with van der Waals surface area (Å²) in [5.74, 6) is 0.0562. The number of H-pyrrole nitrogens is 1. The molecular weight excluding hydrogens is 339 g/mol. The molecule has 2 aromatic carbocycles. The quantitative estimate of drug-likeness (QED) is 0.739. The smallest absolute Gasteiger partial charge is 0.257 e. The van der Waals surface area contributed by atoms with Gasteiger partial charge in [0.2, 0.25) is 5.43 Å². The molecule has 0 saturated heterocycles. The molecule has 0 fully saturated rings. The Hall–Kier alpha value is -2.60. The molecule has 0 aliphatic carbocycles. The topological polar surface area (TPSA) is 62.0 Å². The summed E-state index contributed by atoms with van der Waals surface area (Å²) in [7, 11) is 0. The van der Waals surface area contributed by atoms with Gasteiger partial charge in [0.15, 0.2) is 0 Å². The first-order valence-corrected chi connectivity index (χ1v) is 8.95. The van der Waals surface area contributed by atoms with Crippen LogP contribution in [0.1, 0.15) is 28.4 Å². The molecule has 0 bridgehead atoms. The van der Waals surface area contributed by atoms with Crippen molar-refractivity contribution < 1.29 is 9.18 Å². The first-order chi connectivity index (χ1) is 12.1. The number of aromatic amines is 1. The van der Waals surface area contributed by atoms with Crippen molar-refractivity contribution in [3.63, 3.8) is 0 Å². The maximum Gasteiger partial charge on any atom is 0.257 e. The van der Waals surface area contributed by atoms with Gasteiger partial charge in [-0.15, -0.1) is 11.8 Å². The number of hydrogen-bond acceptors (Lipinski definition) is 3. The predicted molar refractivity (Wildman–Crippen MR) is 96.5 cm³/mol. The molecule has 1 aromatic heterocycles. The van der Waals surface area contributed by atoms with Gasteiger partial charge >= 0.3 is 0 Å². The van der Waals surface area contributed by atoms with Crippen molar-refractivity contribution in [2.45, 2.75) is 17.4 Å². The zero-order valence-electron chi connectivity index (χ0n) is 13.2. The third-order valence-corrected chi connectivity index (χ3v) is 5.47. The lowest BCUT2D eigenvalue weighted by Gasteiger charge is -2.26. The van der Waals surface area contributed by atoms with Gasteiger partial charge in [0.25, 0.3) is 5.91 Å². The van der Waals surface area contributed by atoms with E-state index in [1.807, 2.05) is 6.07 Å². The minimum atomic E-state index is -0.445. The monoisotopic (exact) mass is 354 g/mol. The van der Waals surface area contributed by atoms with Gasteiger partial charge in [0, 0.05) is 27.7 Å². The predicted octanol–water partition coefficient (Wildman–Crippen LogP) is 3.63. The number of benzene rings is 2. The van der Waals surface area contributed by atoms with E-state index in [9.17, 15) is 14.0 Å². The average molecular weight is 354 g/mol. The molecule has 0 saturated carbocycles. The fourth-order valence-corrected chi connectivity index (χ4v) is 4.19. The van der Waals surface area contributed by atoms with Crippen molar-refractivity contribution in [2.75, 3.05) is 5.75 Å². The zero-order valence-corrected chi connectivity index (χ0v) is 14.0. The molecule has 3 aromatic rings. The lowest BCUT2D eigenvalue weighted by molar-refractivity contribution is 0.0933. The summed E-state index contributed by atoms with van der Waals surface area (Å²) in [5, 5.41) is 3.36. The minimum Gasteiger partial charge on any atom is -0.360 e. The highest BCUT2D eigenvalue weighted by atomic mass is 32.2. The van der Waals surface area contributed by atoms with Crippen molar-refractivity contribution >= 4 is 28.6 Å². The van der Waals surface area contributed by atoms with E-state index in [-0.39, 0.29) is 22.9 Å². The molecule has 0 unspecified atom stereocenters. The van der Waals surface area contributed by atoms with E-state index in [2.05, 4.69) is 10.3 Å². The molecule has 1 amide bonds. The van der Waals surface area contributed by atoms with Crippen LogP contribution in [-0.4, -0.2) is 16.6 Å². The van der Waals surface area contributed by atoms with Crippen LogP contribution in [0.3, 0.4) is 0 Å². The van der Waals surface area contributed by atoms with Crippen LogP contribution in [0, 0.1) is 5.82 Å². The highest BCUT2D eigenvalue weighted by Gasteiger charge is 2.24. The highest BCUT2D eigenvalue weighted by Crippen LogP contribution is 2.36. The van der Waals surface area contributed by atoms with Gasteiger partial charge in [-0.1, -0.05) is 12.1 Å². The number of amides is 1. The number of carbonyl (C=O) groups is 1. The number of pyridine rings is 1. The van der Waals surface area contributed by atoms with E-state index in [4.69, 9.17) is 0 Å². The van der Waals surface area contributed by atoms with E-state index < -0.39 is 5.91 Å². The number of fused-ring (bicyclic) bond motifs is 2. The van der Waals surface area contributed by atoms with Crippen LogP contribution in [0.15, 0.2) is 58.4 Å². The van der Waals surface area contributed by atoms with Gasteiger partial charge in [-0.3, -0.25) is 9.59 Å². The van der Waals surface area contributed by atoms with Gasteiger partial charge in [0.1, 0.15) is 11.4 Å². The second-order valence-corrected chi connectivity index (χ2v) is 7.06. The molecule has 1 atom stereocenters. The summed E-state index contributed by atoms with van der Waals surface area (Å²) in [5.41, 5.74) is 1.21. The Labute approximate surface area is 147 Å². The standard InChI is InChI=1S/C19H15FN2O2S/c20-11-5-6-17-13(9-11)16(7-8-25-17)22-19(24)14-10-21-15-4-2-1-3-12(15)18(14)23/h1-6,9-10,16H,7-8H2,(H,21,23)(H,22,24)/t16-/m1/s1. The third-order valence-electron chi connectivity index (χ3n) is 4.35. The molecule has 2 N–H and O–H groups in total. The molecule has 2 heterocycles. The average Bonchev–Trinajstić information content (AvgIpc) is 2.62. The van der Waals surface area contributed by atoms with Crippen LogP contribution in [-0.2, 0) is 0 Å². The molecule has 1 aliphatic heterocycles. The second-order valence-electron chi connectivity index (χ2n) is 5.92. The number of thioether (sulfide) groups is 1. The minimum absolute atomic E-state index is 0.0647. The van der Waals surface area contributed by atoms with E-state index in [1.165, 1.54) is 18.3 Å². The molecular formula is C19H15FN2O2S. The maximum absolute atomic E-state index is 13.6. The van der Waals surface area contributed by atoms with Crippen LogP contribution >= 0.6 is 11.8 Å². The number of hydrogen-bond donors (Lipinski definition) is 2. The summed E-state index contributed by atoms with van der Waals surface area (Å²) in [4.78, 5) is 29.2. The molecule has 0 spiro atoms. The Morgan fingerprint density at radius 1 is 1.24 bits per heavy atom. The molecule has 1 aliphatic rings. The molecule has 4 rings (SSSR count). The van der Waals surface area contributed by atoms with E-state index >= 15 is 0 Å². The van der Waals surface area contributed by atoms with Crippen LogP contribution in [0.2, 0.25) is 0 Å². The van der Waals surface area contributed by atoms with Gasteiger partial charge in [-0.25, -0.2) is 4.39 Å². The van der Waals surface area contributed by atoms with Crippen molar-refractivity contribution in [3.8, 4) is 0 Å². The largest absolute Gasteiger partial charge is 0.360 e. The zero-order chi connectivity index (χ0) is 17.4. The van der Waals surface area contributed by atoms with Crippen LogP contribution in [0.4, 0.5) is 4.39 Å². The summed E-state index contributed by atoms with van der Waals surface area (Å²) in [6, 6.07) is 11.4. The fraction of sp³-hybridized carbons (Fsp3) is 0.158. The van der Waals surface area contributed by atoms with Gasteiger partial charge < -0.3 is 10.3 Å². The van der Waals surface area contributed by atoms with Crippen LogP contribution in [0.5, 0.6) is 0 Å². The summed E-state index contributed by atoms with van der Waals surface area (Å²) in [6.45, 7) is 0. The molecule has 25 heavy (non-hydrogen) atoms. The number of para-hydroxylation sites is 1. The number of carbonyl (C=O) groups excluding carboxylic acids is 1. The van der Waals surface area contributed by atoms with Gasteiger partial charge in [0.05, 0.1) is 6.04 Å². The number of halogens is 1. The van der Waals surface area contributed by atoms with Crippen molar-refractivity contribution in [3.05, 3.63) is 75.8 Å². The van der Waals surface area contributed by atoms with Crippen LogP contribution in [0.25, 0.3) is 10.9 Å². The lowest BCUT2D eigenvalue weighted by Crippen LogP contribution is -2.33. The van der Waals surface area contributed by atoms with Gasteiger partial charge in [-0.2, -0.15) is 0 Å². The van der Waals surface area contributed by atoms with Crippen molar-refractivity contribution in [1.29, 1.82) is 0 Å². The molecule has 4 nitrogen and oxygen atoms in total. The van der Waals surface area contributed by atoms with Crippen molar-refractivity contribution in [1.82, 2.24) is 10.3 Å². The summed E-state index contributed by atoms with van der Waals surface area (Å²) < 4.78 is 13.6. The number of aromatic nitrogens is 1. The number of nitrogens with one attached hydrogen (secondary N) is 2. The van der Waals surface area contributed by atoms with E-state index in [0.29, 0.717) is 17.3 Å². The second kappa shape index (κ2) is 6.37. The molecule has 126 valence electrons. The summed E-state index contributed by atoms with van der Waals surface area (Å²) in [6.07, 6.45) is 2.13. The first-order valence-electron chi connectivity index (χ1n) is 7.97. The normalized spacial score (nSPS) is 16.4. The van der Waals surface area contributed by atoms with Crippen molar-refractivity contribution in [2.24, 2.45) is 0 Å². The molecule has 6 heteroatoms. The Bertz CT molecular complexity index is 1030. The first kappa shape index (κ1) is 15.9. The SMILES string of the molecule is O=C(N[C@@H]1CCSc2ccc(F)cc21)c1c[nH]c2ccccc2c1=O. The molecule has 0 radical (unpaired) electrons. The van der Waals surface area contributed by atoms with E-state index in [1.54, 1.807) is 36.0 Å². The Morgan fingerprint density at radius 3 is 2.96 bits per heavy atom. The number of rotatable bonds is 2. The van der Waals surface area contributed by atoms with Gasteiger partial charge in [-0.05, 0) is 42.3 Å². The maximum atomic E-state index is 13.6. The fourth-order valence-electron chi connectivity index (χ4n) is 3.09. The third kappa shape index (κ3) is 2.93. The van der Waals surface area contributed by atoms with Crippen LogP contribution < -0.4 is 10.7 Å². The Morgan fingerprint density at radius 2 is 2.08 bits per heavy atom.